The molecule has 2 fully saturated rings. The summed E-state index contributed by atoms with van der Waals surface area (Å²) in [6.45, 7) is 8.63. The highest BCUT2D eigenvalue weighted by Gasteiger charge is 2.26. The van der Waals surface area contributed by atoms with Gasteiger partial charge in [0.25, 0.3) is 0 Å². The van der Waals surface area contributed by atoms with E-state index in [1.54, 1.807) is 0 Å². The second kappa shape index (κ2) is 10.1. The van der Waals surface area contributed by atoms with Crippen LogP contribution in [-0.4, -0.2) is 57.3 Å². The number of anilines is 1. The Kier molecular flexibility index (Phi) is 6.63. The number of fused-ring (bicyclic) bond motifs is 1. The highest BCUT2D eigenvalue weighted by molar-refractivity contribution is 6.01. The van der Waals surface area contributed by atoms with Gasteiger partial charge in [-0.15, -0.1) is 0 Å². The molecule has 2 aliphatic rings. The summed E-state index contributed by atoms with van der Waals surface area (Å²) in [5.74, 6) is 0.895. The summed E-state index contributed by atoms with van der Waals surface area (Å²) in [5, 5.41) is 16.4. The monoisotopic (exact) mass is 513 g/mol. The minimum atomic E-state index is -0.945. The maximum atomic E-state index is 10.7. The average molecular weight is 514 g/mol. The number of nitrogens with zero attached hydrogens (tertiary/aromatic N) is 5. The van der Waals surface area contributed by atoms with Crippen LogP contribution in [0.2, 0.25) is 0 Å². The van der Waals surface area contributed by atoms with E-state index in [1.807, 2.05) is 55.2 Å². The first-order valence-electron chi connectivity index (χ1n) is 13.5. The number of pyridine rings is 2. The molecule has 8 heteroatoms. The molecule has 0 bridgehead atoms. The lowest BCUT2D eigenvalue weighted by atomic mass is 9.93. The molecule has 0 amide bonds. The summed E-state index contributed by atoms with van der Waals surface area (Å²) < 4.78 is 13.8. The van der Waals surface area contributed by atoms with Crippen LogP contribution in [-0.2, 0) is 15.1 Å². The zero-order valence-electron chi connectivity index (χ0n) is 22.3. The first kappa shape index (κ1) is 25.0. The Hall–Kier alpha value is -3.33. The molecule has 198 valence electrons. The van der Waals surface area contributed by atoms with Crippen LogP contribution in [0.15, 0.2) is 54.9 Å². The predicted molar refractivity (Wildman–Crippen MR) is 148 cm³/mol. The number of aliphatic hydroxyl groups is 1. The third-order valence-corrected chi connectivity index (χ3v) is 7.60. The number of rotatable bonds is 5. The SMILES string of the molecule is CC1COCCN1c1cc(-c2cccc(C(C)(C)O)c2)c2ccnc(-c3ccnn3C3CCCCO3)c2n1. The van der Waals surface area contributed by atoms with Gasteiger partial charge in [0.05, 0.1) is 30.6 Å². The summed E-state index contributed by atoms with van der Waals surface area (Å²) in [5.41, 5.74) is 4.52. The Morgan fingerprint density at radius 3 is 2.74 bits per heavy atom. The molecule has 38 heavy (non-hydrogen) atoms. The molecule has 4 aromatic rings. The van der Waals surface area contributed by atoms with E-state index in [0.29, 0.717) is 13.2 Å². The van der Waals surface area contributed by atoms with Crippen molar-refractivity contribution in [2.75, 3.05) is 31.3 Å². The van der Waals surface area contributed by atoms with Crippen molar-refractivity contribution in [2.45, 2.75) is 57.9 Å². The van der Waals surface area contributed by atoms with Crippen LogP contribution in [0.4, 0.5) is 5.82 Å². The van der Waals surface area contributed by atoms with Gasteiger partial charge in [0, 0.05) is 30.9 Å². The van der Waals surface area contributed by atoms with Gasteiger partial charge in [-0.25, -0.2) is 9.67 Å². The van der Waals surface area contributed by atoms with Crippen LogP contribution in [0, 0.1) is 0 Å². The smallest absolute Gasteiger partial charge is 0.150 e. The van der Waals surface area contributed by atoms with Gasteiger partial charge in [-0.1, -0.05) is 18.2 Å². The summed E-state index contributed by atoms with van der Waals surface area (Å²) >= 11 is 0. The highest BCUT2D eigenvalue weighted by atomic mass is 16.5. The lowest BCUT2D eigenvalue weighted by Gasteiger charge is -2.34. The van der Waals surface area contributed by atoms with E-state index >= 15 is 0 Å². The van der Waals surface area contributed by atoms with E-state index in [2.05, 4.69) is 35.1 Å². The first-order chi connectivity index (χ1) is 18.4. The molecular weight excluding hydrogens is 478 g/mol. The van der Waals surface area contributed by atoms with Crippen molar-refractivity contribution in [2.24, 2.45) is 0 Å². The fourth-order valence-corrected chi connectivity index (χ4v) is 5.49. The Morgan fingerprint density at radius 2 is 1.95 bits per heavy atom. The number of morpholine rings is 1. The van der Waals surface area contributed by atoms with Gasteiger partial charge in [0.1, 0.15) is 17.0 Å². The van der Waals surface area contributed by atoms with Gasteiger partial charge < -0.3 is 19.5 Å². The fourth-order valence-electron chi connectivity index (χ4n) is 5.49. The van der Waals surface area contributed by atoms with Crippen LogP contribution >= 0.6 is 0 Å². The summed E-state index contributed by atoms with van der Waals surface area (Å²) in [6, 6.07) is 14.5. The molecule has 6 rings (SSSR count). The standard InChI is InChI=1S/C30H35N5O3/c1-20-19-37-16-14-34(20)26-18-24(21-7-6-8-22(17-21)30(2,3)36)23-10-12-31-29(28(23)33-26)25-11-13-32-35(25)27-9-4-5-15-38-27/h6-8,10-13,17-18,20,27,36H,4-5,9,14-16,19H2,1-3H3. The molecule has 8 nitrogen and oxygen atoms in total. The van der Waals surface area contributed by atoms with Gasteiger partial charge >= 0.3 is 0 Å². The molecule has 0 radical (unpaired) electrons. The van der Waals surface area contributed by atoms with Crippen LogP contribution in [0.25, 0.3) is 33.4 Å². The van der Waals surface area contributed by atoms with Gasteiger partial charge in [-0.05, 0) is 81.0 Å². The largest absolute Gasteiger partial charge is 0.386 e. The minimum Gasteiger partial charge on any atom is -0.386 e. The summed E-state index contributed by atoms with van der Waals surface area (Å²) in [7, 11) is 0. The van der Waals surface area contributed by atoms with E-state index in [4.69, 9.17) is 19.4 Å². The van der Waals surface area contributed by atoms with Crippen molar-refractivity contribution in [3.8, 4) is 22.5 Å². The highest BCUT2D eigenvalue weighted by Crippen LogP contribution is 2.38. The normalized spacial score (nSPS) is 20.7. The van der Waals surface area contributed by atoms with Crippen molar-refractivity contribution < 1.29 is 14.6 Å². The quantitative estimate of drug-likeness (QED) is 0.387. The van der Waals surface area contributed by atoms with E-state index in [0.717, 1.165) is 77.2 Å². The van der Waals surface area contributed by atoms with E-state index < -0.39 is 5.60 Å². The van der Waals surface area contributed by atoms with Crippen molar-refractivity contribution >= 4 is 16.7 Å². The molecular formula is C30H35N5O3. The molecule has 2 saturated heterocycles. The lowest BCUT2D eigenvalue weighted by Crippen LogP contribution is -2.44. The number of ether oxygens (including phenoxy) is 2. The van der Waals surface area contributed by atoms with Crippen molar-refractivity contribution in [3.63, 3.8) is 0 Å². The Bertz CT molecular complexity index is 1440. The molecule has 2 aliphatic heterocycles. The Labute approximate surface area is 223 Å². The third-order valence-electron chi connectivity index (χ3n) is 7.60. The number of hydrogen-bond donors (Lipinski definition) is 1. The van der Waals surface area contributed by atoms with Crippen LogP contribution < -0.4 is 4.90 Å². The topological polar surface area (TPSA) is 85.5 Å². The maximum Gasteiger partial charge on any atom is 0.150 e. The molecule has 5 heterocycles. The molecule has 3 aromatic heterocycles. The van der Waals surface area contributed by atoms with Gasteiger partial charge in [-0.3, -0.25) is 4.98 Å². The Morgan fingerprint density at radius 1 is 1.05 bits per heavy atom. The van der Waals surface area contributed by atoms with Gasteiger partial charge in [0.2, 0.25) is 0 Å². The minimum absolute atomic E-state index is 0.101. The molecule has 1 N–H and O–H groups in total. The Balaban J connectivity index is 1.57. The second-order valence-electron chi connectivity index (χ2n) is 10.8. The van der Waals surface area contributed by atoms with Crippen LogP contribution in [0.3, 0.4) is 0 Å². The molecule has 0 saturated carbocycles. The van der Waals surface area contributed by atoms with Crippen molar-refractivity contribution in [1.29, 1.82) is 0 Å². The molecule has 2 atom stereocenters. The zero-order chi connectivity index (χ0) is 26.3. The molecule has 1 aromatic carbocycles. The van der Waals surface area contributed by atoms with Crippen molar-refractivity contribution in [3.05, 3.63) is 60.4 Å². The molecule has 2 unspecified atom stereocenters. The van der Waals surface area contributed by atoms with E-state index in [1.165, 1.54) is 0 Å². The number of aromatic nitrogens is 4. The fraction of sp³-hybridized carbons (Fsp3) is 0.433. The summed E-state index contributed by atoms with van der Waals surface area (Å²) in [6.07, 6.45) is 6.68. The number of benzene rings is 1. The second-order valence-corrected chi connectivity index (χ2v) is 10.8. The van der Waals surface area contributed by atoms with Gasteiger partial charge in [0.15, 0.2) is 6.23 Å². The van der Waals surface area contributed by atoms with Crippen molar-refractivity contribution in [1.82, 2.24) is 19.7 Å². The van der Waals surface area contributed by atoms with Crippen LogP contribution in [0.5, 0.6) is 0 Å². The third kappa shape index (κ3) is 4.68. The average Bonchev–Trinajstić information content (AvgIpc) is 3.42. The van der Waals surface area contributed by atoms with Gasteiger partial charge in [-0.2, -0.15) is 5.10 Å². The maximum absolute atomic E-state index is 10.7. The lowest BCUT2D eigenvalue weighted by molar-refractivity contribution is -0.0383. The summed E-state index contributed by atoms with van der Waals surface area (Å²) in [4.78, 5) is 12.4. The predicted octanol–water partition coefficient (Wildman–Crippen LogP) is 5.31. The first-order valence-corrected chi connectivity index (χ1v) is 13.5. The number of hydrogen-bond acceptors (Lipinski definition) is 7. The van der Waals surface area contributed by atoms with E-state index in [9.17, 15) is 5.11 Å². The van der Waals surface area contributed by atoms with E-state index in [-0.39, 0.29) is 12.3 Å². The molecule has 0 spiro atoms. The molecule has 0 aliphatic carbocycles. The zero-order valence-corrected chi connectivity index (χ0v) is 22.3. The van der Waals surface area contributed by atoms with Crippen LogP contribution in [0.1, 0.15) is 51.8 Å².